The van der Waals surface area contributed by atoms with Crippen LogP contribution in [-0.2, 0) is 14.3 Å². The van der Waals surface area contributed by atoms with E-state index in [0.29, 0.717) is 6.42 Å². The van der Waals surface area contributed by atoms with Crippen molar-refractivity contribution < 1.29 is 14.3 Å². The van der Waals surface area contributed by atoms with E-state index >= 15 is 0 Å². The Kier molecular flexibility index (Phi) is 4.62. The van der Waals surface area contributed by atoms with Gasteiger partial charge in [-0.15, -0.1) is 0 Å². The Morgan fingerprint density at radius 1 is 1.38 bits per heavy atom. The number of hydrogen-bond acceptors (Lipinski definition) is 4. The minimum absolute atomic E-state index is 0.218. The van der Waals surface area contributed by atoms with E-state index in [1.807, 2.05) is 6.92 Å². The highest BCUT2D eigenvalue weighted by Gasteiger charge is 2.32. The lowest BCUT2D eigenvalue weighted by Gasteiger charge is -2.24. The first-order valence-electron chi connectivity index (χ1n) is 4.44. The van der Waals surface area contributed by atoms with Crippen molar-refractivity contribution in [2.45, 2.75) is 39.2 Å². The molecule has 4 nitrogen and oxygen atoms in total. The van der Waals surface area contributed by atoms with Crippen LogP contribution in [0.4, 0.5) is 0 Å². The topological polar surface area (TPSA) is 55.4 Å². The zero-order valence-corrected chi connectivity index (χ0v) is 8.64. The summed E-state index contributed by atoms with van der Waals surface area (Å²) in [5.74, 6) is -0.996. The molecule has 1 N–H and O–H groups in total. The van der Waals surface area contributed by atoms with Crippen LogP contribution in [0.5, 0.6) is 0 Å². The summed E-state index contributed by atoms with van der Waals surface area (Å²) in [6, 6.07) is 0. The molecule has 0 spiro atoms. The lowest BCUT2D eigenvalue weighted by molar-refractivity contribution is -0.164. The van der Waals surface area contributed by atoms with Crippen molar-refractivity contribution in [1.29, 1.82) is 0 Å². The molecule has 0 rings (SSSR count). The molecule has 0 radical (unpaired) electrons. The smallest absolute Gasteiger partial charge is 0.333 e. The van der Waals surface area contributed by atoms with Crippen molar-refractivity contribution in [3.8, 4) is 0 Å². The van der Waals surface area contributed by atoms with Crippen molar-refractivity contribution in [1.82, 2.24) is 5.32 Å². The van der Waals surface area contributed by atoms with Crippen LogP contribution in [0.15, 0.2) is 0 Å². The van der Waals surface area contributed by atoms with Crippen LogP contribution in [-0.4, -0.2) is 24.5 Å². The molecule has 0 fully saturated rings. The third-order valence-electron chi connectivity index (χ3n) is 2.20. The van der Waals surface area contributed by atoms with Crippen LogP contribution in [0.3, 0.4) is 0 Å². The number of nitrogens with one attached hydrogen (secondary N) is 1. The predicted octanol–water partition coefficient (Wildman–Crippen LogP) is 0.854. The van der Waals surface area contributed by atoms with Gasteiger partial charge in [-0.25, -0.2) is 4.79 Å². The van der Waals surface area contributed by atoms with E-state index in [4.69, 9.17) is 0 Å². The first-order chi connectivity index (χ1) is 6.00. The molecule has 76 valence electrons. The zero-order valence-electron chi connectivity index (χ0n) is 8.64. The number of ether oxygens (including phenoxy) is 1. The number of carbonyl (C=O) groups is 2. The summed E-state index contributed by atoms with van der Waals surface area (Å²) in [6.07, 6.45) is 0.800. The number of carbonyl (C=O) groups excluding carboxylic acids is 2. The molecule has 0 saturated heterocycles. The second-order valence-corrected chi connectivity index (χ2v) is 3.05. The monoisotopic (exact) mass is 187 g/mol. The highest BCUT2D eigenvalue weighted by molar-refractivity contribution is 5.90. The summed E-state index contributed by atoms with van der Waals surface area (Å²) in [7, 11) is 1.67. The van der Waals surface area contributed by atoms with Gasteiger partial charge in [0.2, 0.25) is 0 Å². The van der Waals surface area contributed by atoms with Crippen molar-refractivity contribution >= 4 is 11.9 Å². The molecular weight excluding hydrogens is 170 g/mol. The van der Waals surface area contributed by atoms with Gasteiger partial charge in [-0.05, 0) is 20.4 Å². The molecule has 0 aromatic heterocycles. The maximum Gasteiger partial charge on any atom is 0.333 e. The van der Waals surface area contributed by atoms with Gasteiger partial charge in [0.05, 0.1) is 0 Å². The third kappa shape index (κ3) is 3.14. The molecule has 4 heteroatoms. The van der Waals surface area contributed by atoms with E-state index in [1.165, 1.54) is 0 Å². The van der Waals surface area contributed by atoms with Crippen molar-refractivity contribution in [3.05, 3.63) is 0 Å². The van der Waals surface area contributed by atoms with Crippen molar-refractivity contribution in [2.24, 2.45) is 0 Å². The molecule has 1 unspecified atom stereocenters. The molecule has 0 saturated carbocycles. The minimum Gasteiger partial charge on any atom is -0.392 e. The molecule has 0 aliphatic rings. The number of likely N-dealkylation sites (N-methyl/N-ethyl adjacent to an activating group) is 1. The maximum atomic E-state index is 11.4. The summed E-state index contributed by atoms with van der Waals surface area (Å²) >= 11 is 0. The first kappa shape index (κ1) is 12.1. The fraction of sp³-hybridized carbons (Fsp3) is 0.778. The number of rotatable bonds is 4. The predicted molar refractivity (Wildman–Crippen MR) is 49.1 cm³/mol. The fourth-order valence-corrected chi connectivity index (χ4v) is 0.711. The molecule has 0 aromatic rings. The first-order valence-corrected chi connectivity index (χ1v) is 4.44. The highest BCUT2D eigenvalue weighted by atomic mass is 16.6. The van der Waals surface area contributed by atoms with Crippen LogP contribution in [0.2, 0.25) is 0 Å². The Hall–Kier alpha value is -0.900. The summed E-state index contributed by atoms with van der Waals surface area (Å²) in [4.78, 5) is 22.2. The molecule has 0 amide bonds. The van der Waals surface area contributed by atoms with Gasteiger partial charge in [0.1, 0.15) is 5.54 Å². The van der Waals surface area contributed by atoms with Gasteiger partial charge in [-0.2, -0.15) is 0 Å². The fourth-order valence-electron chi connectivity index (χ4n) is 0.711. The van der Waals surface area contributed by atoms with E-state index in [1.54, 1.807) is 20.9 Å². The molecule has 1 atom stereocenters. The van der Waals surface area contributed by atoms with E-state index in [9.17, 15) is 9.59 Å². The molecule has 0 aliphatic carbocycles. The Morgan fingerprint density at radius 2 is 1.92 bits per heavy atom. The summed E-state index contributed by atoms with van der Waals surface area (Å²) in [5.41, 5.74) is -0.759. The van der Waals surface area contributed by atoms with Gasteiger partial charge in [0.15, 0.2) is 0 Å². The summed E-state index contributed by atoms with van der Waals surface area (Å²) < 4.78 is 4.61. The van der Waals surface area contributed by atoms with E-state index in [2.05, 4.69) is 10.1 Å². The van der Waals surface area contributed by atoms with E-state index in [-0.39, 0.29) is 6.42 Å². The second-order valence-electron chi connectivity index (χ2n) is 3.05. The number of esters is 2. The van der Waals surface area contributed by atoms with Crippen LogP contribution in [0.25, 0.3) is 0 Å². The van der Waals surface area contributed by atoms with Gasteiger partial charge < -0.3 is 10.1 Å². The average molecular weight is 187 g/mol. The van der Waals surface area contributed by atoms with Crippen molar-refractivity contribution in [3.63, 3.8) is 0 Å². The normalized spacial score (nSPS) is 14.8. The Bertz CT molecular complexity index is 197. The molecule has 0 heterocycles. The van der Waals surface area contributed by atoms with Gasteiger partial charge >= 0.3 is 11.9 Å². The molecule has 13 heavy (non-hydrogen) atoms. The summed E-state index contributed by atoms with van der Waals surface area (Å²) in [5, 5.41) is 2.83. The Balaban J connectivity index is 4.31. The van der Waals surface area contributed by atoms with Gasteiger partial charge in [0.25, 0.3) is 0 Å². The van der Waals surface area contributed by atoms with E-state index < -0.39 is 17.5 Å². The van der Waals surface area contributed by atoms with Crippen molar-refractivity contribution in [2.75, 3.05) is 7.05 Å². The standard InChI is InChI=1S/C9H17NO3/c1-5-7(11)13-8(12)9(3,6-2)10-4/h10H,5-6H2,1-4H3. The van der Waals surface area contributed by atoms with Gasteiger partial charge in [-0.1, -0.05) is 13.8 Å². The highest BCUT2D eigenvalue weighted by Crippen LogP contribution is 2.10. The third-order valence-corrected chi connectivity index (χ3v) is 2.20. The van der Waals surface area contributed by atoms with Gasteiger partial charge in [-0.3, -0.25) is 4.79 Å². The zero-order chi connectivity index (χ0) is 10.5. The quantitative estimate of drug-likeness (QED) is 0.523. The molecule has 0 bridgehead atoms. The minimum atomic E-state index is -0.759. The summed E-state index contributed by atoms with van der Waals surface area (Å²) in [6.45, 7) is 5.21. The lowest BCUT2D eigenvalue weighted by atomic mass is 10.00. The van der Waals surface area contributed by atoms with Crippen LogP contribution < -0.4 is 5.32 Å². The molecular formula is C9H17NO3. The SMILES string of the molecule is CCC(=O)OC(=O)C(C)(CC)NC. The van der Waals surface area contributed by atoms with Gasteiger partial charge in [0, 0.05) is 6.42 Å². The Morgan fingerprint density at radius 3 is 2.23 bits per heavy atom. The Labute approximate surface area is 78.6 Å². The second kappa shape index (κ2) is 4.97. The lowest BCUT2D eigenvalue weighted by Crippen LogP contribution is -2.48. The largest absolute Gasteiger partial charge is 0.392 e. The van der Waals surface area contributed by atoms with E-state index in [0.717, 1.165) is 0 Å². The van der Waals surface area contributed by atoms with Crippen LogP contribution >= 0.6 is 0 Å². The average Bonchev–Trinajstić information content (AvgIpc) is 2.16. The molecule has 0 aliphatic heterocycles. The van der Waals surface area contributed by atoms with Crippen LogP contribution in [0, 0.1) is 0 Å². The maximum absolute atomic E-state index is 11.4. The molecule has 0 aromatic carbocycles. The number of hydrogen-bond donors (Lipinski definition) is 1. The van der Waals surface area contributed by atoms with Crippen LogP contribution in [0.1, 0.15) is 33.6 Å².